The molecular weight excluding hydrogens is 550 g/mol. The third kappa shape index (κ3) is 7.07. The van der Waals surface area contributed by atoms with E-state index in [0.29, 0.717) is 30.4 Å². The molecule has 0 amide bonds. The monoisotopic (exact) mass is 591 g/mol. The number of hydrogen-bond acceptors (Lipinski definition) is 7. The van der Waals surface area contributed by atoms with Gasteiger partial charge in [-0.1, -0.05) is 24.3 Å². The van der Waals surface area contributed by atoms with Crippen LogP contribution in [0.25, 0.3) is 11.1 Å². The number of nitrogens with one attached hydrogen (secondary N) is 3. The standard InChI is InChI=1S/C33H42ClN5OS/c1-4-40-29-16-13-22(25-19-38-33(37-3)39-20-25)17-24(29)10-9-23(21-11-14-26(36-2)15-12-21)18-28(35)32-31(34)27-7-5-6-8-30(27)41-32/h5-8,13,16-17,19-21,23,26,31-32,35-36H,4,9-12,14-15,18H2,1-3H3,(H,37,38,39). The quantitative estimate of drug-likeness (QED) is 0.147. The Morgan fingerprint density at radius 2 is 1.83 bits per heavy atom. The summed E-state index contributed by atoms with van der Waals surface area (Å²) >= 11 is 8.70. The summed E-state index contributed by atoms with van der Waals surface area (Å²) in [6.45, 7) is 2.66. The van der Waals surface area contributed by atoms with Gasteiger partial charge in [0.05, 0.1) is 17.2 Å². The third-order valence-electron chi connectivity index (χ3n) is 8.76. The van der Waals surface area contributed by atoms with Gasteiger partial charge in [-0.25, -0.2) is 9.97 Å². The number of benzene rings is 2. The third-order valence-corrected chi connectivity index (χ3v) is 10.8. The van der Waals surface area contributed by atoms with Gasteiger partial charge in [0.25, 0.3) is 0 Å². The highest BCUT2D eigenvalue weighted by Gasteiger charge is 2.36. The van der Waals surface area contributed by atoms with Crippen LogP contribution in [0.15, 0.2) is 59.8 Å². The van der Waals surface area contributed by atoms with Gasteiger partial charge in [0.1, 0.15) is 5.75 Å². The van der Waals surface area contributed by atoms with E-state index in [1.807, 2.05) is 26.4 Å². The van der Waals surface area contributed by atoms with Crippen LogP contribution in [0.3, 0.4) is 0 Å². The van der Waals surface area contributed by atoms with Crippen molar-refractivity contribution < 1.29 is 4.74 Å². The molecule has 5 rings (SSSR count). The molecule has 1 fully saturated rings. The number of rotatable bonds is 12. The van der Waals surface area contributed by atoms with Gasteiger partial charge in [-0.3, -0.25) is 0 Å². The summed E-state index contributed by atoms with van der Waals surface area (Å²) in [5.41, 5.74) is 5.25. The predicted molar refractivity (Wildman–Crippen MR) is 172 cm³/mol. The van der Waals surface area contributed by atoms with Crippen LogP contribution in [-0.2, 0) is 6.42 Å². The van der Waals surface area contributed by atoms with Gasteiger partial charge in [0.2, 0.25) is 5.95 Å². The predicted octanol–water partition coefficient (Wildman–Crippen LogP) is 7.78. The number of fused-ring (bicyclic) bond motifs is 1. The Labute approximate surface area is 254 Å². The lowest BCUT2D eigenvalue weighted by atomic mass is 9.73. The largest absolute Gasteiger partial charge is 0.494 e. The van der Waals surface area contributed by atoms with Crippen LogP contribution >= 0.6 is 23.4 Å². The van der Waals surface area contributed by atoms with Crippen molar-refractivity contribution in [3.05, 3.63) is 66.0 Å². The maximum atomic E-state index is 9.23. The van der Waals surface area contributed by atoms with Crippen molar-refractivity contribution in [3.8, 4) is 16.9 Å². The number of anilines is 1. The van der Waals surface area contributed by atoms with E-state index < -0.39 is 0 Å². The van der Waals surface area contributed by atoms with Crippen LogP contribution in [0, 0.1) is 17.2 Å². The van der Waals surface area contributed by atoms with Gasteiger partial charge >= 0.3 is 0 Å². The maximum absolute atomic E-state index is 9.23. The Bertz CT molecular complexity index is 1310. The van der Waals surface area contributed by atoms with E-state index in [2.05, 4.69) is 70.1 Å². The fourth-order valence-electron chi connectivity index (χ4n) is 6.40. The average Bonchev–Trinajstić information content (AvgIpc) is 3.36. The van der Waals surface area contributed by atoms with Crippen LogP contribution in [-0.4, -0.2) is 47.7 Å². The zero-order valence-corrected chi connectivity index (χ0v) is 25.9. The maximum Gasteiger partial charge on any atom is 0.222 e. The number of aromatic nitrogens is 2. The summed E-state index contributed by atoms with van der Waals surface area (Å²) in [4.78, 5) is 10.0. The van der Waals surface area contributed by atoms with Crippen molar-refractivity contribution in [2.75, 3.05) is 26.0 Å². The zero-order valence-electron chi connectivity index (χ0n) is 24.3. The molecule has 3 aromatic rings. The number of halogens is 1. The van der Waals surface area contributed by atoms with E-state index in [1.165, 1.54) is 41.7 Å². The second-order valence-corrected chi connectivity index (χ2v) is 12.9. The topological polar surface area (TPSA) is 82.9 Å². The van der Waals surface area contributed by atoms with Crippen molar-refractivity contribution in [1.29, 1.82) is 5.41 Å². The van der Waals surface area contributed by atoms with Crippen molar-refractivity contribution in [3.63, 3.8) is 0 Å². The van der Waals surface area contributed by atoms with Crippen molar-refractivity contribution in [2.24, 2.45) is 11.8 Å². The fraction of sp³-hybridized carbons (Fsp3) is 0.485. The lowest BCUT2D eigenvalue weighted by Crippen LogP contribution is -2.33. The Morgan fingerprint density at radius 3 is 2.51 bits per heavy atom. The molecule has 1 aliphatic heterocycles. The summed E-state index contributed by atoms with van der Waals surface area (Å²) in [5.74, 6) is 2.61. The SMILES string of the molecule is CCOc1ccc(-c2cnc(NC)nc2)cc1CCC(CC(=N)C1Sc2ccccc2C1Cl)C1CCC(NC)CC1. The van der Waals surface area contributed by atoms with Crippen LogP contribution in [0.4, 0.5) is 5.95 Å². The van der Waals surface area contributed by atoms with Crippen molar-refractivity contribution >= 4 is 35.0 Å². The zero-order chi connectivity index (χ0) is 28.8. The minimum Gasteiger partial charge on any atom is -0.494 e. The highest BCUT2D eigenvalue weighted by atomic mass is 35.5. The van der Waals surface area contributed by atoms with Crippen LogP contribution < -0.4 is 15.4 Å². The first-order valence-corrected chi connectivity index (χ1v) is 16.2. The van der Waals surface area contributed by atoms with E-state index in [1.54, 1.807) is 11.8 Å². The molecule has 3 N–H and O–H groups in total. The molecule has 2 heterocycles. The molecule has 0 radical (unpaired) electrons. The molecular formula is C33H42ClN5OS. The normalized spacial score (nSPS) is 22.6. The molecule has 1 saturated carbocycles. The summed E-state index contributed by atoms with van der Waals surface area (Å²) in [5, 5.41) is 15.6. The first-order valence-electron chi connectivity index (χ1n) is 14.9. The second-order valence-electron chi connectivity index (χ2n) is 11.2. The minimum atomic E-state index is -0.137. The molecule has 3 atom stereocenters. The number of hydrogen-bond donors (Lipinski definition) is 3. The molecule has 8 heteroatoms. The van der Waals surface area contributed by atoms with E-state index in [-0.39, 0.29) is 10.6 Å². The molecule has 0 spiro atoms. The minimum absolute atomic E-state index is 0.00751. The summed E-state index contributed by atoms with van der Waals surface area (Å²) in [6, 6.07) is 15.4. The van der Waals surface area contributed by atoms with E-state index in [9.17, 15) is 5.41 Å². The van der Waals surface area contributed by atoms with Gasteiger partial charge in [-0.15, -0.1) is 23.4 Å². The first kappa shape index (κ1) is 29.9. The number of thioether (sulfide) groups is 1. The Morgan fingerprint density at radius 1 is 1.07 bits per heavy atom. The second kappa shape index (κ2) is 14.0. The lowest BCUT2D eigenvalue weighted by molar-refractivity contribution is 0.215. The number of aryl methyl sites for hydroxylation is 1. The Hall–Kier alpha value is -2.61. The smallest absolute Gasteiger partial charge is 0.222 e. The number of alkyl halides is 1. The summed E-state index contributed by atoms with van der Waals surface area (Å²) in [7, 11) is 3.90. The highest BCUT2D eigenvalue weighted by molar-refractivity contribution is 8.01. The van der Waals surface area contributed by atoms with Gasteiger partial charge in [-0.05, 0) is 106 Å². The van der Waals surface area contributed by atoms with E-state index >= 15 is 0 Å². The molecule has 6 nitrogen and oxygen atoms in total. The molecule has 1 aliphatic carbocycles. The Balaban J connectivity index is 1.34. The first-order chi connectivity index (χ1) is 20.0. The number of ether oxygens (including phenoxy) is 1. The van der Waals surface area contributed by atoms with Gasteiger partial charge < -0.3 is 20.8 Å². The fourth-order valence-corrected chi connectivity index (χ4v) is 8.23. The molecule has 0 saturated heterocycles. The average molecular weight is 592 g/mol. The van der Waals surface area contributed by atoms with Crippen molar-refractivity contribution in [2.45, 2.75) is 73.4 Å². The molecule has 2 aromatic carbocycles. The van der Waals surface area contributed by atoms with Gasteiger partial charge in [-0.2, -0.15) is 0 Å². The molecule has 218 valence electrons. The summed E-state index contributed by atoms with van der Waals surface area (Å²) < 4.78 is 6.07. The summed E-state index contributed by atoms with van der Waals surface area (Å²) in [6.07, 6.45) is 11.3. The van der Waals surface area contributed by atoms with Gasteiger partial charge in [0.15, 0.2) is 0 Å². The van der Waals surface area contributed by atoms with Gasteiger partial charge in [0, 0.05) is 41.7 Å². The molecule has 3 unspecified atom stereocenters. The number of nitrogens with zero attached hydrogens (tertiary/aromatic N) is 2. The van der Waals surface area contributed by atoms with Crippen molar-refractivity contribution in [1.82, 2.24) is 15.3 Å². The van der Waals surface area contributed by atoms with E-state index in [4.69, 9.17) is 16.3 Å². The molecule has 41 heavy (non-hydrogen) atoms. The van der Waals surface area contributed by atoms with E-state index in [0.717, 1.165) is 41.9 Å². The van der Waals surface area contributed by atoms with Crippen LogP contribution in [0.5, 0.6) is 5.75 Å². The van der Waals surface area contributed by atoms with Crippen LogP contribution in [0.2, 0.25) is 0 Å². The molecule has 0 bridgehead atoms. The lowest BCUT2D eigenvalue weighted by Gasteiger charge is -2.35. The molecule has 1 aromatic heterocycles. The molecule has 2 aliphatic rings. The highest BCUT2D eigenvalue weighted by Crippen LogP contribution is 2.49. The Kier molecular flexibility index (Phi) is 10.2. The van der Waals surface area contributed by atoms with Crippen LogP contribution in [0.1, 0.15) is 62.0 Å².